The summed E-state index contributed by atoms with van der Waals surface area (Å²) in [5, 5.41) is 4.29. The van der Waals surface area contributed by atoms with Gasteiger partial charge in [0, 0.05) is 36.2 Å². The zero-order valence-corrected chi connectivity index (χ0v) is 12.1. The van der Waals surface area contributed by atoms with E-state index < -0.39 is 9.84 Å². The van der Waals surface area contributed by atoms with Gasteiger partial charge in [-0.05, 0) is 12.1 Å². The summed E-state index contributed by atoms with van der Waals surface area (Å²) in [4.78, 5) is 6.27. The Hall–Kier alpha value is -1.24. The first-order chi connectivity index (χ1) is 9.04. The zero-order valence-electron chi connectivity index (χ0n) is 10.5. The molecule has 0 radical (unpaired) electrons. The fourth-order valence-electron chi connectivity index (χ4n) is 2.09. The van der Waals surface area contributed by atoms with Crippen LogP contribution in [0.2, 0.25) is 0 Å². The maximum Gasteiger partial charge on any atom is 0.175 e. The van der Waals surface area contributed by atoms with E-state index >= 15 is 0 Å². The zero-order chi connectivity index (χ0) is 13.5. The largest absolute Gasteiger partial charge is 0.311 e. The number of nitrogens with one attached hydrogen (secondary N) is 1. The molecule has 2 aromatic rings. The number of benzene rings is 1. The second-order valence-electron chi connectivity index (χ2n) is 4.61. The number of aromatic nitrogens is 1. The molecule has 1 aromatic carbocycles. The van der Waals surface area contributed by atoms with E-state index in [2.05, 4.69) is 10.3 Å². The van der Waals surface area contributed by atoms with Crippen LogP contribution in [0.15, 0.2) is 29.2 Å². The first-order valence-electron chi connectivity index (χ1n) is 6.04. The van der Waals surface area contributed by atoms with Crippen molar-refractivity contribution in [2.45, 2.75) is 17.9 Å². The normalized spacial score (nSPS) is 15.2. The Balaban J connectivity index is 1.96. The van der Waals surface area contributed by atoms with Gasteiger partial charge in [-0.2, -0.15) is 0 Å². The van der Waals surface area contributed by atoms with E-state index in [-0.39, 0.29) is 0 Å². The van der Waals surface area contributed by atoms with Crippen molar-refractivity contribution in [2.75, 3.05) is 12.8 Å². The summed E-state index contributed by atoms with van der Waals surface area (Å²) < 4.78 is 22.8. The van der Waals surface area contributed by atoms with Crippen molar-refractivity contribution in [3.8, 4) is 10.6 Å². The summed E-state index contributed by atoms with van der Waals surface area (Å²) in [5.74, 6) is 0. The van der Waals surface area contributed by atoms with Gasteiger partial charge in [0.15, 0.2) is 9.84 Å². The van der Waals surface area contributed by atoms with Crippen molar-refractivity contribution < 1.29 is 8.42 Å². The Labute approximate surface area is 116 Å². The van der Waals surface area contributed by atoms with Crippen LogP contribution in [0.1, 0.15) is 10.6 Å². The number of thiazole rings is 1. The van der Waals surface area contributed by atoms with Gasteiger partial charge in [0.1, 0.15) is 5.01 Å². The molecule has 0 saturated heterocycles. The third-order valence-electron chi connectivity index (χ3n) is 3.13. The molecule has 0 bridgehead atoms. The minimum absolute atomic E-state index is 0.347. The smallest absolute Gasteiger partial charge is 0.175 e. The maximum atomic E-state index is 11.4. The first kappa shape index (κ1) is 12.8. The highest BCUT2D eigenvalue weighted by atomic mass is 32.2. The predicted octanol–water partition coefficient (Wildman–Crippen LogP) is 1.86. The highest BCUT2D eigenvalue weighted by Crippen LogP contribution is 2.30. The second-order valence-corrected chi connectivity index (χ2v) is 7.71. The number of hydrogen-bond acceptors (Lipinski definition) is 5. The minimum Gasteiger partial charge on any atom is -0.311 e. The van der Waals surface area contributed by atoms with Crippen molar-refractivity contribution in [1.29, 1.82) is 0 Å². The molecule has 0 amide bonds. The van der Waals surface area contributed by atoms with Crippen LogP contribution >= 0.6 is 11.3 Å². The lowest BCUT2D eigenvalue weighted by atomic mass is 10.2. The molecule has 1 N–H and O–H groups in total. The lowest BCUT2D eigenvalue weighted by molar-refractivity contribution is 0.602. The predicted molar refractivity (Wildman–Crippen MR) is 76.1 cm³/mol. The summed E-state index contributed by atoms with van der Waals surface area (Å²) in [6.45, 7) is 1.86. The Kier molecular flexibility index (Phi) is 3.16. The van der Waals surface area contributed by atoms with Crippen LogP contribution in [0.4, 0.5) is 0 Å². The maximum absolute atomic E-state index is 11.4. The topological polar surface area (TPSA) is 59.1 Å². The van der Waals surface area contributed by atoms with E-state index in [1.165, 1.54) is 16.8 Å². The van der Waals surface area contributed by atoms with Crippen molar-refractivity contribution in [3.05, 3.63) is 34.8 Å². The molecule has 1 aliphatic heterocycles. The van der Waals surface area contributed by atoms with Crippen molar-refractivity contribution in [1.82, 2.24) is 10.3 Å². The Morgan fingerprint density at radius 3 is 2.63 bits per heavy atom. The Morgan fingerprint density at radius 2 is 2.00 bits per heavy atom. The molecular formula is C13H14N2O2S2. The van der Waals surface area contributed by atoms with E-state index in [9.17, 15) is 8.42 Å². The van der Waals surface area contributed by atoms with Crippen LogP contribution in [-0.4, -0.2) is 26.2 Å². The van der Waals surface area contributed by atoms with Gasteiger partial charge in [-0.25, -0.2) is 13.4 Å². The van der Waals surface area contributed by atoms with E-state index in [1.54, 1.807) is 23.5 Å². The molecule has 0 saturated carbocycles. The van der Waals surface area contributed by atoms with Crippen LogP contribution in [0.5, 0.6) is 0 Å². The van der Waals surface area contributed by atoms with Gasteiger partial charge in [0.25, 0.3) is 0 Å². The molecule has 0 atom stereocenters. The lowest BCUT2D eigenvalue weighted by Gasteiger charge is -2.09. The summed E-state index contributed by atoms with van der Waals surface area (Å²) in [7, 11) is -3.13. The van der Waals surface area contributed by atoms with Crippen LogP contribution in [0, 0.1) is 0 Å². The second kappa shape index (κ2) is 4.70. The SMILES string of the molecule is CS(=O)(=O)c1ccc(-c2nc3c(s2)CNCC3)cc1. The van der Waals surface area contributed by atoms with Gasteiger partial charge >= 0.3 is 0 Å². The molecule has 3 rings (SSSR count). The average molecular weight is 294 g/mol. The molecule has 19 heavy (non-hydrogen) atoms. The number of sulfone groups is 1. The number of hydrogen-bond donors (Lipinski definition) is 1. The van der Waals surface area contributed by atoms with Crippen molar-refractivity contribution in [3.63, 3.8) is 0 Å². The molecule has 6 heteroatoms. The number of fused-ring (bicyclic) bond motifs is 1. The van der Waals surface area contributed by atoms with Gasteiger partial charge in [0.2, 0.25) is 0 Å². The summed E-state index contributed by atoms with van der Waals surface area (Å²) in [6, 6.07) is 6.94. The molecule has 4 nitrogen and oxygen atoms in total. The van der Waals surface area contributed by atoms with E-state index in [4.69, 9.17) is 0 Å². The quantitative estimate of drug-likeness (QED) is 0.918. The summed E-state index contributed by atoms with van der Waals surface area (Å²) in [5.41, 5.74) is 2.15. The van der Waals surface area contributed by atoms with Gasteiger partial charge in [0.05, 0.1) is 10.6 Å². The standard InChI is InChI=1S/C13H14N2O2S2/c1-19(16,17)10-4-2-9(3-5-10)13-15-11-6-7-14-8-12(11)18-13/h2-5,14H,6-8H2,1H3. The molecule has 2 heterocycles. The van der Waals surface area contributed by atoms with Crippen LogP contribution in [0.3, 0.4) is 0 Å². The van der Waals surface area contributed by atoms with Gasteiger partial charge in [-0.1, -0.05) is 12.1 Å². The molecule has 0 aliphatic carbocycles. The number of nitrogens with zero attached hydrogens (tertiary/aromatic N) is 1. The van der Waals surface area contributed by atoms with Crippen LogP contribution < -0.4 is 5.32 Å². The lowest BCUT2D eigenvalue weighted by Crippen LogP contribution is -2.22. The van der Waals surface area contributed by atoms with Crippen LogP contribution in [0.25, 0.3) is 10.6 Å². The molecule has 0 unspecified atom stereocenters. The van der Waals surface area contributed by atoms with Crippen molar-refractivity contribution >= 4 is 21.2 Å². The monoisotopic (exact) mass is 294 g/mol. The molecule has 1 aromatic heterocycles. The molecule has 1 aliphatic rings. The minimum atomic E-state index is -3.13. The molecule has 0 fully saturated rings. The summed E-state index contributed by atoms with van der Waals surface area (Å²) >= 11 is 1.68. The third-order valence-corrected chi connectivity index (χ3v) is 5.41. The van der Waals surface area contributed by atoms with E-state index in [0.29, 0.717) is 4.90 Å². The summed E-state index contributed by atoms with van der Waals surface area (Å²) in [6.07, 6.45) is 2.18. The average Bonchev–Trinajstić information content (AvgIpc) is 2.81. The fraction of sp³-hybridized carbons (Fsp3) is 0.308. The Bertz CT molecular complexity index is 679. The molecular weight excluding hydrogens is 280 g/mol. The number of rotatable bonds is 2. The molecule has 0 spiro atoms. The first-order valence-corrected chi connectivity index (χ1v) is 8.74. The van der Waals surface area contributed by atoms with Crippen LogP contribution in [-0.2, 0) is 22.8 Å². The fourth-order valence-corrected chi connectivity index (χ4v) is 3.81. The van der Waals surface area contributed by atoms with Gasteiger partial charge in [-0.15, -0.1) is 11.3 Å². The van der Waals surface area contributed by atoms with Gasteiger partial charge < -0.3 is 5.32 Å². The Morgan fingerprint density at radius 1 is 1.26 bits per heavy atom. The van der Waals surface area contributed by atoms with E-state index in [0.717, 1.165) is 30.1 Å². The highest BCUT2D eigenvalue weighted by Gasteiger charge is 2.16. The van der Waals surface area contributed by atoms with Crippen molar-refractivity contribution in [2.24, 2.45) is 0 Å². The van der Waals surface area contributed by atoms with E-state index in [1.807, 2.05) is 12.1 Å². The molecule has 100 valence electrons. The highest BCUT2D eigenvalue weighted by molar-refractivity contribution is 7.90. The third kappa shape index (κ3) is 2.56. The van der Waals surface area contributed by atoms with Gasteiger partial charge in [-0.3, -0.25) is 0 Å².